The van der Waals surface area contributed by atoms with Gasteiger partial charge >= 0.3 is 5.97 Å². The van der Waals surface area contributed by atoms with Crippen molar-refractivity contribution in [3.63, 3.8) is 0 Å². The van der Waals surface area contributed by atoms with Crippen molar-refractivity contribution >= 4 is 40.3 Å². The average molecular weight is 413 g/mol. The van der Waals surface area contributed by atoms with Crippen molar-refractivity contribution in [2.45, 2.75) is 24.7 Å². The van der Waals surface area contributed by atoms with Crippen molar-refractivity contribution in [1.82, 2.24) is 0 Å². The van der Waals surface area contributed by atoms with Gasteiger partial charge < -0.3 is 19.2 Å². The van der Waals surface area contributed by atoms with E-state index in [0.717, 1.165) is 16.4 Å². The fourth-order valence-electron chi connectivity index (χ4n) is 2.81. The predicted octanol–water partition coefficient (Wildman–Crippen LogP) is 5.13. The van der Waals surface area contributed by atoms with E-state index < -0.39 is 5.97 Å². The van der Waals surface area contributed by atoms with Gasteiger partial charge in [0.2, 0.25) is 11.7 Å². The lowest BCUT2D eigenvalue weighted by Crippen LogP contribution is -2.14. The maximum atomic E-state index is 12.5. The number of para-hydroxylation sites is 1. The number of carbonyl (C=O) groups excluding carboxylic acids is 2. The standard InChI is InChI=1S/C22H23NO5S/c1-3-27-22(25)21-20(17-7-4-5-8-18(17)28-21)23-19(24)9-6-14-29-16-12-10-15(26-2)11-13-16/h4-5,7-8,10-13H,3,6,9,14H2,1-2H3,(H,23,24). The first-order valence-corrected chi connectivity index (χ1v) is 10.4. The van der Waals surface area contributed by atoms with Crippen LogP contribution in [0.3, 0.4) is 0 Å². The van der Waals surface area contributed by atoms with E-state index in [9.17, 15) is 9.59 Å². The fraction of sp³-hybridized carbons (Fsp3) is 0.273. The van der Waals surface area contributed by atoms with Gasteiger partial charge in [0.25, 0.3) is 0 Å². The number of esters is 1. The van der Waals surface area contributed by atoms with Gasteiger partial charge in [-0.05, 0) is 55.5 Å². The van der Waals surface area contributed by atoms with Crippen molar-refractivity contribution in [1.29, 1.82) is 0 Å². The van der Waals surface area contributed by atoms with Crippen LogP contribution in [0.15, 0.2) is 57.8 Å². The molecule has 0 saturated carbocycles. The quantitative estimate of drug-likeness (QED) is 0.298. The number of fused-ring (bicyclic) bond motifs is 1. The maximum absolute atomic E-state index is 12.5. The molecule has 3 rings (SSSR count). The fourth-order valence-corrected chi connectivity index (χ4v) is 3.66. The van der Waals surface area contributed by atoms with E-state index in [1.165, 1.54) is 0 Å². The lowest BCUT2D eigenvalue weighted by atomic mass is 10.2. The number of hydrogen-bond acceptors (Lipinski definition) is 6. The van der Waals surface area contributed by atoms with Crippen LogP contribution in [0.5, 0.6) is 5.75 Å². The zero-order valence-electron chi connectivity index (χ0n) is 16.4. The zero-order valence-corrected chi connectivity index (χ0v) is 17.2. The Bertz CT molecular complexity index is 981. The van der Waals surface area contributed by atoms with Crippen molar-refractivity contribution in [3.05, 3.63) is 54.3 Å². The lowest BCUT2D eigenvalue weighted by molar-refractivity contribution is -0.116. The van der Waals surface area contributed by atoms with E-state index in [-0.39, 0.29) is 18.3 Å². The topological polar surface area (TPSA) is 77.8 Å². The minimum absolute atomic E-state index is 0.0222. The minimum atomic E-state index is -0.589. The SMILES string of the molecule is CCOC(=O)c1oc2ccccc2c1NC(=O)CCCSc1ccc(OC)cc1. The number of anilines is 1. The number of furan rings is 1. The molecular formula is C22H23NO5S. The highest BCUT2D eigenvalue weighted by molar-refractivity contribution is 7.99. The summed E-state index contributed by atoms with van der Waals surface area (Å²) >= 11 is 1.68. The molecule has 0 saturated heterocycles. The van der Waals surface area contributed by atoms with Gasteiger partial charge in [0.15, 0.2) is 0 Å². The number of ether oxygens (including phenoxy) is 2. The van der Waals surface area contributed by atoms with E-state index in [0.29, 0.717) is 29.5 Å². The highest BCUT2D eigenvalue weighted by Crippen LogP contribution is 2.31. The van der Waals surface area contributed by atoms with Crippen molar-refractivity contribution in [2.24, 2.45) is 0 Å². The molecule has 3 aromatic rings. The molecule has 1 heterocycles. The summed E-state index contributed by atoms with van der Waals surface area (Å²) in [4.78, 5) is 25.8. The van der Waals surface area contributed by atoms with Gasteiger partial charge in [-0.15, -0.1) is 11.8 Å². The van der Waals surface area contributed by atoms with Crippen molar-refractivity contribution in [2.75, 3.05) is 24.8 Å². The second kappa shape index (κ2) is 10.0. The van der Waals surface area contributed by atoms with E-state index in [4.69, 9.17) is 13.9 Å². The number of methoxy groups -OCH3 is 1. The summed E-state index contributed by atoms with van der Waals surface area (Å²) in [5.74, 6) is 0.885. The molecule has 0 unspecified atom stereocenters. The van der Waals surface area contributed by atoms with Gasteiger partial charge in [0.05, 0.1) is 13.7 Å². The first kappa shape index (κ1) is 20.8. The molecule has 0 atom stereocenters. The molecule has 0 aliphatic heterocycles. The van der Waals surface area contributed by atoms with E-state index >= 15 is 0 Å². The third kappa shape index (κ3) is 5.32. The normalized spacial score (nSPS) is 10.7. The molecule has 0 fully saturated rings. The highest BCUT2D eigenvalue weighted by Gasteiger charge is 2.23. The monoisotopic (exact) mass is 413 g/mol. The minimum Gasteiger partial charge on any atom is -0.497 e. The molecule has 29 heavy (non-hydrogen) atoms. The van der Waals surface area contributed by atoms with Crippen LogP contribution in [0.2, 0.25) is 0 Å². The van der Waals surface area contributed by atoms with Gasteiger partial charge in [-0.1, -0.05) is 12.1 Å². The van der Waals surface area contributed by atoms with Crippen LogP contribution in [0.1, 0.15) is 30.3 Å². The second-order valence-electron chi connectivity index (χ2n) is 6.20. The first-order valence-electron chi connectivity index (χ1n) is 9.37. The molecular weight excluding hydrogens is 390 g/mol. The van der Waals surface area contributed by atoms with Crippen molar-refractivity contribution in [3.8, 4) is 5.75 Å². The number of benzene rings is 2. The van der Waals surface area contributed by atoms with Crippen LogP contribution in [-0.2, 0) is 9.53 Å². The molecule has 2 aromatic carbocycles. The van der Waals surface area contributed by atoms with Crippen LogP contribution in [-0.4, -0.2) is 31.3 Å². The maximum Gasteiger partial charge on any atom is 0.376 e. The summed E-state index contributed by atoms with van der Waals surface area (Å²) in [6, 6.07) is 15.0. The Hall–Kier alpha value is -2.93. The Morgan fingerprint density at radius 2 is 1.86 bits per heavy atom. The zero-order chi connectivity index (χ0) is 20.6. The Morgan fingerprint density at radius 3 is 2.59 bits per heavy atom. The number of thioether (sulfide) groups is 1. The number of nitrogens with one attached hydrogen (secondary N) is 1. The van der Waals surface area contributed by atoms with E-state index in [1.807, 2.05) is 36.4 Å². The molecule has 0 spiro atoms. The molecule has 0 bridgehead atoms. The van der Waals surface area contributed by atoms with E-state index in [2.05, 4.69) is 5.32 Å². The molecule has 0 aliphatic rings. The first-order chi connectivity index (χ1) is 14.1. The Morgan fingerprint density at radius 1 is 1.10 bits per heavy atom. The molecule has 6 nitrogen and oxygen atoms in total. The summed E-state index contributed by atoms with van der Waals surface area (Å²) in [5, 5.41) is 3.50. The van der Waals surface area contributed by atoms with Crippen LogP contribution in [0, 0.1) is 0 Å². The molecule has 0 radical (unpaired) electrons. The van der Waals surface area contributed by atoms with Crippen LogP contribution >= 0.6 is 11.8 Å². The van der Waals surface area contributed by atoms with Gasteiger partial charge in [-0.3, -0.25) is 4.79 Å². The van der Waals surface area contributed by atoms with Gasteiger partial charge in [-0.25, -0.2) is 4.79 Å². The summed E-state index contributed by atoms with van der Waals surface area (Å²) in [6.45, 7) is 1.95. The smallest absolute Gasteiger partial charge is 0.376 e. The Balaban J connectivity index is 1.59. The summed E-state index contributed by atoms with van der Waals surface area (Å²) < 4.78 is 15.8. The third-order valence-electron chi connectivity index (χ3n) is 4.20. The van der Waals surface area contributed by atoms with Crippen molar-refractivity contribution < 1.29 is 23.5 Å². The molecule has 7 heteroatoms. The predicted molar refractivity (Wildman–Crippen MR) is 114 cm³/mol. The van der Waals surface area contributed by atoms with Gasteiger partial charge in [-0.2, -0.15) is 0 Å². The Labute approximate surface area is 173 Å². The number of carbonyl (C=O) groups is 2. The molecule has 152 valence electrons. The molecule has 1 N–H and O–H groups in total. The second-order valence-corrected chi connectivity index (χ2v) is 7.37. The van der Waals surface area contributed by atoms with Crippen LogP contribution in [0.4, 0.5) is 5.69 Å². The molecule has 0 aliphatic carbocycles. The van der Waals surface area contributed by atoms with E-state index in [1.54, 1.807) is 37.9 Å². The number of hydrogen-bond donors (Lipinski definition) is 1. The Kier molecular flexibility index (Phi) is 7.19. The number of amides is 1. The average Bonchev–Trinajstić information content (AvgIpc) is 3.10. The summed E-state index contributed by atoms with van der Waals surface area (Å²) in [6.07, 6.45) is 1.04. The van der Waals surface area contributed by atoms with Crippen LogP contribution in [0.25, 0.3) is 11.0 Å². The van der Waals surface area contributed by atoms with Gasteiger partial charge in [0, 0.05) is 16.7 Å². The highest BCUT2D eigenvalue weighted by atomic mass is 32.2. The summed E-state index contributed by atoms with van der Waals surface area (Å²) in [5.41, 5.74) is 0.896. The lowest BCUT2D eigenvalue weighted by Gasteiger charge is -2.06. The number of rotatable bonds is 9. The molecule has 1 aromatic heterocycles. The summed E-state index contributed by atoms with van der Waals surface area (Å²) in [7, 11) is 1.64. The largest absolute Gasteiger partial charge is 0.497 e. The third-order valence-corrected chi connectivity index (χ3v) is 5.30. The van der Waals surface area contributed by atoms with Crippen LogP contribution < -0.4 is 10.1 Å². The van der Waals surface area contributed by atoms with Gasteiger partial charge in [0.1, 0.15) is 17.0 Å². The molecule has 1 amide bonds.